The Bertz CT molecular complexity index is 1240. The molecule has 0 saturated heterocycles. The van der Waals surface area contributed by atoms with Gasteiger partial charge in [-0.3, -0.25) is 4.79 Å². The molecule has 2 aromatic carbocycles. The summed E-state index contributed by atoms with van der Waals surface area (Å²) >= 11 is 6.06. The van der Waals surface area contributed by atoms with Crippen LogP contribution in [0.5, 0.6) is 0 Å². The molecule has 0 unspecified atom stereocenters. The minimum Gasteiger partial charge on any atom is -0.321 e. The minimum atomic E-state index is -0.347. The van der Waals surface area contributed by atoms with Crippen LogP contribution in [0.25, 0.3) is 17.1 Å². The van der Waals surface area contributed by atoms with Gasteiger partial charge in [-0.05, 0) is 60.5 Å². The maximum Gasteiger partial charge on any atom is 0.278 e. The average Bonchev–Trinajstić information content (AvgIpc) is 3.33. The average molecular weight is 421 g/mol. The second-order valence-corrected chi connectivity index (χ2v) is 7.56. The second kappa shape index (κ2) is 7.34. The van der Waals surface area contributed by atoms with Crippen molar-refractivity contribution in [2.75, 3.05) is 5.32 Å². The molecule has 5 rings (SSSR count). The topological polar surface area (TPSA) is 103 Å². The number of tetrazole rings is 1. The van der Waals surface area contributed by atoms with E-state index in [4.69, 9.17) is 11.6 Å². The molecule has 0 spiro atoms. The summed E-state index contributed by atoms with van der Waals surface area (Å²) in [6.07, 6.45) is 2.16. The van der Waals surface area contributed by atoms with Gasteiger partial charge in [0.15, 0.2) is 11.5 Å². The summed E-state index contributed by atoms with van der Waals surface area (Å²) in [5.41, 5.74) is 3.05. The zero-order chi connectivity index (χ0) is 20.7. The number of hydrogen-bond donors (Lipinski definition) is 1. The van der Waals surface area contributed by atoms with Crippen LogP contribution in [0.15, 0.2) is 48.5 Å². The van der Waals surface area contributed by atoms with Gasteiger partial charge in [-0.1, -0.05) is 35.0 Å². The summed E-state index contributed by atoms with van der Waals surface area (Å²) in [6.45, 7) is 1.79. The van der Waals surface area contributed by atoms with Crippen molar-refractivity contribution in [1.82, 2.24) is 35.2 Å². The lowest BCUT2D eigenvalue weighted by molar-refractivity contribution is 0.102. The van der Waals surface area contributed by atoms with E-state index in [0.717, 1.165) is 24.1 Å². The summed E-state index contributed by atoms with van der Waals surface area (Å²) in [5, 5.41) is 23.6. The van der Waals surface area contributed by atoms with Crippen molar-refractivity contribution in [3.8, 4) is 17.1 Å². The number of nitrogens with one attached hydrogen (secondary N) is 1. The van der Waals surface area contributed by atoms with Gasteiger partial charge in [0.25, 0.3) is 5.91 Å². The van der Waals surface area contributed by atoms with Gasteiger partial charge in [0.1, 0.15) is 0 Å². The molecule has 0 aliphatic heterocycles. The molecule has 0 atom stereocenters. The highest BCUT2D eigenvalue weighted by molar-refractivity contribution is 6.30. The van der Waals surface area contributed by atoms with Crippen LogP contribution in [0.4, 0.5) is 5.69 Å². The van der Waals surface area contributed by atoms with Crippen LogP contribution in [-0.4, -0.2) is 41.1 Å². The number of hydrogen-bond acceptors (Lipinski definition) is 6. The quantitative estimate of drug-likeness (QED) is 0.530. The van der Waals surface area contributed by atoms with E-state index in [2.05, 4.69) is 31.2 Å². The van der Waals surface area contributed by atoms with E-state index in [1.807, 2.05) is 41.1 Å². The molecule has 30 heavy (non-hydrogen) atoms. The number of carbonyl (C=O) groups excluding carboxylic acids is 1. The first-order valence-electron chi connectivity index (χ1n) is 9.48. The Morgan fingerprint density at radius 2 is 1.93 bits per heavy atom. The summed E-state index contributed by atoms with van der Waals surface area (Å²) in [6, 6.07) is 15.0. The summed E-state index contributed by atoms with van der Waals surface area (Å²) in [5.74, 6) is 0.344. The van der Waals surface area contributed by atoms with E-state index in [9.17, 15) is 4.79 Å². The molecule has 150 valence electrons. The third-order valence-electron chi connectivity index (χ3n) is 4.93. The zero-order valence-corrected chi connectivity index (χ0v) is 16.8. The predicted octanol–water partition coefficient (Wildman–Crippen LogP) is 3.47. The van der Waals surface area contributed by atoms with E-state index in [-0.39, 0.29) is 11.6 Å². The van der Waals surface area contributed by atoms with Crippen LogP contribution in [0, 0.1) is 6.92 Å². The highest BCUT2D eigenvalue weighted by atomic mass is 35.5. The first-order chi connectivity index (χ1) is 14.6. The SMILES string of the molecule is Cc1c(C(=O)Nc2cccc(-c3nnnn3C3CC3)c2)nnn1-c1cccc(Cl)c1. The lowest BCUT2D eigenvalue weighted by atomic mass is 10.2. The van der Waals surface area contributed by atoms with Gasteiger partial charge in [-0.25, -0.2) is 9.36 Å². The maximum atomic E-state index is 12.8. The molecule has 1 saturated carbocycles. The van der Waals surface area contributed by atoms with Gasteiger partial charge in [0, 0.05) is 16.3 Å². The van der Waals surface area contributed by atoms with Crippen molar-refractivity contribution in [3.05, 3.63) is 64.9 Å². The number of halogens is 1. The largest absolute Gasteiger partial charge is 0.321 e. The molecule has 10 heteroatoms. The number of nitrogens with zero attached hydrogens (tertiary/aromatic N) is 7. The molecular formula is C20H17ClN8O. The van der Waals surface area contributed by atoms with Crippen LogP contribution < -0.4 is 5.32 Å². The van der Waals surface area contributed by atoms with E-state index in [1.54, 1.807) is 23.7 Å². The van der Waals surface area contributed by atoms with Crippen LogP contribution in [0.2, 0.25) is 5.02 Å². The molecule has 4 aromatic rings. The van der Waals surface area contributed by atoms with E-state index >= 15 is 0 Å². The van der Waals surface area contributed by atoms with Crippen LogP contribution in [0.3, 0.4) is 0 Å². The molecule has 1 fully saturated rings. The lowest BCUT2D eigenvalue weighted by Gasteiger charge is -2.07. The number of anilines is 1. The van der Waals surface area contributed by atoms with Gasteiger partial charge >= 0.3 is 0 Å². The van der Waals surface area contributed by atoms with Crippen LogP contribution in [0.1, 0.15) is 35.1 Å². The Morgan fingerprint density at radius 3 is 2.73 bits per heavy atom. The first-order valence-corrected chi connectivity index (χ1v) is 9.86. The molecule has 1 aliphatic rings. The number of benzene rings is 2. The van der Waals surface area contributed by atoms with Crippen molar-refractivity contribution in [2.45, 2.75) is 25.8 Å². The third kappa shape index (κ3) is 3.43. The molecule has 9 nitrogen and oxygen atoms in total. The molecule has 1 amide bonds. The molecule has 2 aromatic heterocycles. The standard InChI is InChI=1S/C20H17ClN8O/c1-12-18(23-26-28(12)17-7-3-5-14(21)11-17)20(30)22-15-6-2-4-13(10-15)19-24-25-27-29(19)16-8-9-16/h2-7,10-11,16H,8-9H2,1H3,(H,22,30). The highest BCUT2D eigenvalue weighted by Gasteiger charge is 2.28. The molecule has 0 radical (unpaired) electrons. The summed E-state index contributed by atoms with van der Waals surface area (Å²) in [7, 11) is 0. The Hall–Kier alpha value is -3.59. The summed E-state index contributed by atoms with van der Waals surface area (Å²) in [4.78, 5) is 12.8. The Morgan fingerprint density at radius 1 is 1.10 bits per heavy atom. The fourth-order valence-corrected chi connectivity index (χ4v) is 3.45. The Balaban J connectivity index is 1.39. The zero-order valence-electron chi connectivity index (χ0n) is 16.0. The monoisotopic (exact) mass is 420 g/mol. The Labute approximate surface area is 176 Å². The van der Waals surface area contributed by atoms with Gasteiger partial charge in [0.2, 0.25) is 0 Å². The normalized spacial score (nSPS) is 13.4. The van der Waals surface area contributed by atoms with Crippen molar-refractivity contribution >= 4 is 23.2 Å². The van der Waals surface area contributed by atoms with Gasteiger partial charge in [-0.2, -0.15) is 0 Å². The smallest absolute Gasteiger partial charge is 0.278 e. The third-order valence-corrected chi connectivity index (χ3v) is 5.16. The predicted molar refractivity (Wildman–Crippen MR) is 111 cm³/mol. The molecule has 1 aliphatic carbocycles. The van der Waals surface area contributed by atoms with Crippen LogP contribution in [-0.2, 0) is 0 Å². The fourth-order valence-electron chi connectivity index (χ4n) is 3.27. The molecule has 0 bridgehead atoms. The van der Waals surface area contributed by atoms with E-state index in [0.29, 0.717) is 28.3 Å². The maximum absolute atomic E-state index is 12.8. The lowest BCUT2D eigenvalue weighted by Crippen LogP contribution is -2.14. The van der Waals surface area contributed by atoms with Gasteiger partial charge in [0.05, 0.1) is 17.4 Å². The number of rotatable bonds is 5. The van der Waals surface area contributed by atoms with Crippen molar-refractivity contribution in [3.63, 3.8) is 0 Å². The van der Waals surface area contributed by atoms with E-state index < -0.39 is 0 Å². The van der Waals surface area contributed by atoms with Crippen LogP contribution >= 0.6 is 11.6 Å². The number of carbonyl (C=O) groups is 1. The Kier molecular flexibility index (Phi) is 4.51. The van der Waals surface area contributed by atoms with Crippen molar-refractivity contribution in [1.29, 1.82) is 0 Å². The fraction of sp³-hybridized carbons (Fsp3) is 0.200. The van der Waals surface area contributed by atoms with Crippen molar-refractivity contribution in [2.24, 2.45) is 0 Å². The first kappa shape index (κ1) is 18.4. The van der Waals surface area contributed by atoms with Gasteiger partial charge < -0.3 is 5.32 Å². The van der Waals surface area contributed by atoms with Gasteiger partial charge in [-0.15, -0.1) is 10.2 Å². The molecular weight excluding hydrogens is 404 g/mol. The van der Waals surface area contributed by atoms with Crippen molar-refractivity contribution < 1.29 is 4.79 Å². The molecule has 2 heterocycles. The number of aromatic nitrogens is 7. The second-order valence-electron chi connectivity index (χ2n) is 7.13. The minimum absolute atomic E-state index is 0.239. The summed E-state index contributed by atoms with van der Waals surface area (Å²) < 4.78 is 3.42. The number of amides is 1. The van der Waals surface area contributed by atoms with E-state index in [1.165, 1.54) is 0 Å². The molecule has 1 N–H and O–H groups in total. The highest BCUT2D eigenvalue weighted by Crippen LogP contribution is 2.36.